The predicted molar refractivity (Wildman–Crippen MR) is 77.6 cm³/mol. The second-order valence-electron chi connectivity index (χ2n) is 5.29. The normalized spacial score (nSPS) is 16.0. The van der Waals surface area contributed by atoms with Crippen molar-refractivity contribution in [3.05, 3.63) is 41.7 Å². The summed E-state index contributed by atoms with van der Waals surface area (Å²) in [6.45, 7) is 2.61. The van der Waals surface area contributed by atoms with Crippen LogP contribution in [0.2, 0.25) is 0 Å². The highest BCUT2D eigenvalue weighted by Gasteiger charge is 2.30. The number of aromatic amines is 1. The van der Waals surface area contributed by atoms with Crippen molar-refractivity contribution in [2.24, 2.45) is 0 Å². The minimum absolute atomic E-state index is 0.111. The maximum atomic E-state index is 12.5. The monoisotopic (exact) mass is 318 g/mol. The lowest BCUT2D eigenvalue weighted by Gasteiger charge is -2.27. The van der Waals surface area contributed by atoms with E-state index in [4.69, 9.17) is 0 Å². The van der Waals surface area contributed by atoms with Gasteiger partial charge in [0.05, 0.1) is 23.9 Å². The van der Waals surface area contributed by atoms with Crippen LogP contribution in [0, 0.1) is 6.92 Å². The number of imidazole rings is 1. The van der Waals surface area contributed by atoms with Crippen molar-refractivity contribution in [3.63, 3.8) is 0 Å². The topological polar surface area (TPSA) is 96.2 Å². The third kappa shape index (κ3) is 1.93. The number of hydrogen-bond donors (Lipinski definition) is 1. The Hall–Kier alpha value is -2.26. The van der Waals surface area contributed by atoms with Gasteiger partial charge < -0.3 is 4.98 Å². The zero-order valence-corrected chi connectivity index (χ0v) is 12.7. The minimum atomic E-state index is -3.55. The summed E-state index contributed by atoms with van der Waals surface area (Å²) in [7, 11) is -3.55. The Kier molecular flexibility index (Phi) is 2.81. The molecule has 22 heavy (non-hydrogen) atoms. The van der Waals surface area contributed by atoms with E-state index in [0.29, 0.717) is 19.5 Å². The van der Waals surface area contributed by atoms with Crippen molar-refractivity contribution in [1.29, 1.82) is 0 Å². The van der Waals surface area contributed by atoms with Crippen LogP contribution < -0.4 is 0 Å². The number of hydrogen-bond acceptors (Lipinski definition) is 5. The fraction of sp³-hybridized carbons (Fsp3) is 0.308. The van der Waals surface area contributed by atoms with Crippen LogP contribution >= 0.6 is 0 Å². The molecule has 0 saturated heterocycles. The third-order valence-corrected chi connectivity index (χ3v) is 5.60. The largest absolute Gasteiger partial charge is 0.335 e. The van der Waals surface area contributed by atoms with E-state index in [-0.39, 0.29) is 5.03 Å². The fourth-order valence-electron chi connectivity index (χ4n) is 2.76. The Morgan fingerprint density at radius 1 is 1.32 bits per heavy atom. The average molecular weight is 318 g/mol. The first-order valence-corrected chi connectivity index (χ1v) is 8.31. The SMILES string of the molecule is Cc1cc2ncc3c(n2n1)CCN(S(=O)(=O)c1cnc[nH]1)C3. The standard InChI is InChI=1S/C13H14N6O2S/c1-9-4-12-15-5-10-7-18(3-2-11(10)19(12)17-9)22(20,21)13-6-14-8-16-13/h4-6,8H,2-3,7H2,1H3,(H,14,16). The van der Waals surface area contributed by atoms with Crippen molar-refractivity contribution in [3.8, 4) is 0 Å². The van der Waals surface area contributed by atoms with Gasteiger partial charge in [-0.2, -0.15) is 9.40 Å². The van der Waals surface area contributed by atoms with Crippen molar-refractivity contribution in [2.45, 2.75) is 24.9 Å². The van der Waals surface area contributed by atoms with Gasteiger partial charge >= 0.3 is 0 Å². The zero-order chi connectivity index (χ0) is 15.3. The molecule has 0 aromatic carbocycles. The van der Waals surface area contributed by atoms with E-state index in [1.165, 1.54) is 16.8 Å². The Morgan fingerprint density at radius 3 is 2.95 bits per heavy atom. The van der Waals surface area contributed by atoms with Gasteiger partial charge in [0.2, 0.25) is 0 Å². The van der Waals surface area contributed by atoms with Crippen LogP contribution in [0.5, 0.6) is 0 Å². The first-order valence-electron chi connectivity index (χ1n) is 6.87. The van der Waals surface area contributed by atoms with Gasteiger partial charge in [-0.25, -0.2) is 22.9 Å². The molecule has 1 N–H and O–H groups in total. The molecule has 4 rings (SSSR count). The Bertz CT molecular complexity index is 944. The van der Waals surface area contributed by atoms with Gasteiger partial charge in [0.1, 0.15) is 0 Å². The van der Waals surface area contributed by atoms with Crippen molar-refractivity contribution in [2.75, 3.05) is 6.54 Å². The van der Waals surface area contributed by atoms with Gasteiger partial charge in [0, 0.05) is 37.3 Å². The average Bonchev–Trinajstić information content (AvgIpc) is 3.15. The molecular weight excluding hydrogens is 304 g/mol. The summed E-state index contributed by atoms with van der Waals surface area (Å²) in [6, 6.07) is 1.91. The molecular formula is C13H14N6O2S. The Morgan fingerprint density at radius 2 is 2.18 bits per heavy atom. The van der Waals surface area contributed by atoms with E-state index in [0.717, 1.165) is 22.6 Å². The molecule has 114 valence electrons. The van der Waals surface area contributed by atoms with Gasteiger partial charge in [-0.3, -0.25) is 0 Å². The summed E-state index contributed by atoms with van der Waals surface area (Å²) in [5.41, 5.74) is 3.59. The number of aryl methyl sites for hydroxylation is 1. The molecule has 0 unspecified atom stereocenters. The molecule has 1 aliphatic rings. The second kappa shape index (κ2) is 4.62. The molecule has 3 aromatic rings. The summed E-state index contributed by atoms with van der Waals surface area (Å²) in [4.78, 5) is 10.8. The highest BCUT2D eigenvalue weighted by atomic mass is 32.2. The molecule has 0 bridgehead atoms. The molecule has 0 atom stereocenters. The summed E-state index contributed by atoms with van der Waals surface area (Å²) < 4.78 is 28.3. The predicted octanol–water partition coefficient (Wildman–Crippen LogP) is 0.508. The summed E-state index contributed by atoms with van der Waals surface area (Å²) >= 11 is 0. The van der Waals surface area contributed by atoms with E-state index < -0.39 is 10.0 Å². The van der Waals surface area contributed by atoms with Crippen LogP contribution in [0.1, 0.15) is 17.0 Å². The third-order valence-electron chi connectivity index (χ3n) is 3.83. The first-order chi connectivity index (χ1) is 10.6. The van der Waals surface area contributed by atoms with Crippen molar-refractivity contribution >= 4 is 15.7 Å². The van der Waals surface area contributed by atoms with Gasteiger partial charge in [-0.1, -0.05) is 0 Å². The molecule has 1 aliphatic heterocycles. The molecule has 4 heterocycles. The molecule has 0 fully saturated rings. The first kappa shape index (κ1) is 13.4. The Balaban J connectivity index is 1.74. The van der Waals surface area contributed by atoms with Gasteiger partial charge in [-0.05, 0) is 6.92 Å². The Labute approximate surface area is 126 Å². The van der Waals surface area contributed by atoms with E-state index in [1.807, 2.05) is 17.5 Å². The van der Waals surface area contributed by atoms with Crippen LogP contribution in [0.3, 0.4) is 0 Å². The van der Waals surface area contributed by atoms with Gasteiger partial charge in [0.25, 0.3) is 10.0 Å². The van der Waals surface area contributed by atoms with E-state index >= 15 is 0 Å². The van der Waals surface area contributed by atoms with Crippen LogP contribution in [0.15, 0.2) is 29.8 Å². The molecule has 9 heteroatoms. The van der Waals surface area contributed by atoms with Crippen LogP contribution in [0.25, 0.3) is 5.65 Å². The molecule has 0 aliphatic carbocycles. The molecule has 0 saturated carbocycles. The number of rotatable bonds is 2. The van der Waals surface area contributed by atoms with Gasteiger partial charge in [-0.15, -0.1) is 0 Å². The van der Waals surface area contributed by atoms with E-state index in [9.17, 15) is 8.42 Å². The van der Waals surface area contributed by atoms with Crippen LogP contribution in [0.4, 0.5) is 0 Å². The number of fused-ring (bicyclic) bond motifs is 3. The summed E-state index contributed by atoms with van der Waals surface area (Å²) in [5, 5.41) is 4.54. The smallest absolute Gasteiger partial charge is 0.260 e. The molecule has 8 nitrogen and oxygen atoms in total. The summed E-state index contributed by atoms with van der Waals surface area (Å²) in [6.07, 6.45) is 5.02. The van der Waals surface area contributed by atoms with Crippen molar-refractivity contribution in [1.82, 2.24) is 28.9 Å². The molecule has 3 aromatic heterocycles. The zero-order valence-electron chi connectivity index (χ0n) is 11.9. The lowest BCUT2D eigenvalue weighted by molar-refractivity contribution is 0.382. The van der Waals surface area contributed by atoms with E-state index in [1.54, 1.807) is 6.20 Å². The number of sulfonamides is 1. The quantitative estimate of drug-likeness (QED) is 0.742. The molecule has 0 spiro atoms. The number of nitrogens with one attached hydrogen (secondary N) is 1. The summed E-state index contributed by atoms with van der Waals surface area (Å²) in [5.74, 6) is 0. The molecule has 0 amide bonds. The molecule has 0 radical (unpaired) electrons. The number of H-pyrrole nitrogens is 1. The van der Waals surface area contributed by atoms with E-state index in [2.05, 4.69) is 20.1 Å². The maximum Gasteiger partial charge on any atom is 0.260 e. The lowest BCUT2D eigenvalue weighted by atomic mass is 10.1. The number of nitrogens with zero attached hydrogens (tertiary/aromatic N) is 5. The lowest BCUT2D eigenvalue weighted by Crippen LogP contribution is -2.37. The highest BCUT2D eigenvalue weighted by Crippen LogP contribution is 2.24. The van der Waals surface area contributed by atoms with Crippen LogP contribution in [-0.2, 0) is 23.0 Å². The number of aromatic nitrogens is 5. The highest BCUT2D eigenvalue weighted by molar-refractivity contribution is 7.89. The fourth-order valence-corrected chi connectivity index (χ4v) is 4.07. The van der Waals surface area contributed by atoms with Gasteiger partial charge in [0.15, 0.2) is 10.7 Å². The van der Waals surface area contributed by atoms with Crippen LogP contribution in [-0.4, -0.2) is 43.8 Å². The second-order valence-corrected chi connectivity index (χ2v) is 7.20. The van der Waals surface area contributed by atoms with Crippen molar-refractivity contribution < 1.29 is 8.42 Å². The minimum Gasteiger partial charge on any atom is -0.335 e. The maximum absolute atomic E-state index is 12.5.